The Bertz CT molecular complexity index is 614. The summed E-state index contributed by atoms with van der Waals surface area (Å²) in [5.74, 6) is -0.716. The van der Waals surface area contributed by atoms with Crippen molar-refractivity contribution >= 4 is 37.8 Å². The predicted octanol–water partition coefficient (Wildman–Crippen LogP) is 3.58. The summed E-state index contributed by atoms with van der Waals surface area (Å²) in [7, 11) is 0. The summed E-state index contributed by atoms with van der Waals surface area (Å²) in [5.41, 5.74) is 3.90. The van der Waals surface area contributed by atoms with Gasteiger partial charge in [0.1, 0.15) is 5.82 Å². The van der Waals surface area contributed by atoms with Crippen molar-refractivity contribution in [1.29, 1.82) is 0 Å². The van der Waals surface area contributed by atoms with E-state index in [9.17, 15) is 9.18 Å². The number of para-hydroxylation sites is 1. The minimum atomic E-state index is -0.384. The van der Waals surface area contributed by atoms with E-state index in [1.54, 1.807) is 12.1 Å². The maximum atomic E-state index is 12.7. The van der Waals surface area contributed by atoms with Gasteiger partial charge in [-0.15, -0.1) is 0 Å². The average Bonchev–Trinajstić information content (AvgIpc) is 2.47. The zero-order valence-electron chi connectivity index (χ0n) is 10.3. The molecule has 0 bridgehead atoms. The number of hydrogen-bond acceptors (Lipinski definition) is 3. The lowest BCUT2D eigenvalue weighted by Crippen LogP contribution is -2.19. The van der Waals surface area contributed by atoms with Crippen LogP contribution < -0.4 is 10.7 Å². The number of benzene rings is 2. The van der Waals surface area contributed by atoms with Crippen LogP contribution in [-0.4, -0.2) is 10.5 Å². The molecule has 0 spiro atoms. The van der Waals surface area contributed by atoms with E-state index in [-0.39, 0.29) is 16.3 Å². The summed E-state index contributed by atoms with van der Waals surface area (Å²) in [6, 6.07) is 14.7. The highest BCUT2D eigenvalue weighted by Crippen LogP contribution is 2.09. The zero-order chi connectivity index (χ0) is 14.4. The van der Waals surface area contributed by atoms with Gasteiger partial charge in [0, 0.05) is 5.69 Å². The molecule has 0 atom stereocenters. The van der Waals surface area contributed by atoms with E-state index in [0.29, 0.717) is 11.4 Å². The van der Waals surface area contributed by atoms with Gasteiger partial charge in [0.25, 0.3) is 5.91 Å². The molecule has 4 nitrogen and oxygen atoms in total. The maximum absolute atomic E-state index is 12.7. The quantitative estimate of drug-likeness (QED) is 0.662. The zero-order valence-corrected chi connectivity index (χ0v) is 11.9. The number of rotatable bonds is 4. The fourth-order valence-electron chi connectivity index (χ4n) is 1.39. The third kappa shape index (κ3) is 4.17. The average molecular weight is 336 g/mol. The summed E-state index contributed by atoms with van der Waals surface area (Å²) in [4.78, 5) is 11.8. The van der Waals surface area contributed by atoms with Crippen LogP contribution in [0.15, 0.2) is 59.7 Å². The smallest absolute Gasteiger partial charge is 0.283 e. The molecule has 0 aromatic heterocycles. The molecule has 2 aromatic carbocycles. The Morgan fingerprint density at radius 3 is 2.30 bits per heavy atom. The lowest BCUT2D eigenvalue weighted by atomic mass is 10.3. The number of anilines is 2. The second kappa shape index (κ2) is 6.81. The minimum Gasteiger partial charge on any atom is -0.320 e. The van der Waals surface area contributed by atoms with Gasteiger partial charge in [-0.25, -0.2) is 4.39 Å². The number of carbonyl (C=O) groups excluding carboxylic acids is 1. The molecule has 2 aromatic rings. The van der Waals surface area contributed by atoms with Gasteiger partial charge in [-0.05, 0) is 52.3 Å². The van der Waals surface area contributed by atoms with Crippen LogP contribution in [0.3, 0.4) is 0 Å². The van der Waals surface area contributed by atoms with Gasteiger partial charge in [0.15, 0.2) is 4.62 Å². The highest BCUT2D eigenvalue weighted by atomic mass is 79.9. The van der Waals surface area contributed by atoms with Gasteiger partial charge >= 0.3 is 0 Å². The van der Waals surface area contributed by atoms with Crippen molar-refractivity contribution in [2.45, 2.75) is 0 Å². The maximum Gasteiger partial charge on any atom is 0.283 e. The molecule has 1 amide bonds. The van der Waals surface area contributed by atoms with E-state index in [1.807, 2.05) is 18.2 Å². The van der Waals surface area contributed by atoms with Gasteiger partial charge in [0.2, 0.25) is 0 Å². The Labute approximate surface area is 123 Å². The number of nitrogens with zero attached hydrogens (tertiary/aromatic N) is 1. The van der Waals surface area contributed by atoms with Gasteiger partial charge < -0.3 is 5.32 Å². The van der Waals surface area contributed by atoms with E-state index in [2.05, 4.69) is 31.8 Å². The highest BCUT2D eigenvalue weighted by Gasteiger charge is 2.08. The molecule has 102 valence electrons. The number of nitrogens with one attached hydrogen (secondary N) is 2. The Hall–Kier alpha value is -2.21. The fraction of sp³-hybridized carbons (Fsp3) is 0. The van der Waals surface area contributed by atoms with E-state index in [4.69, 9.17) is 0 Å². The van der Waals surface area contributed by atoms with Gasteiger partial charge in [-0.1, -0.05) is 18.2 Å². The molecule has 0 radical (unpaired) electrons. The van der Waals surface area contributed by atoms with Crippen LogP contribution >= 0.6 is 15.9 Å². The highest BCUT2D eigenvalue weighted by molar-refractivity contribution is 9.19. The molecule has 0 fully saturated rings. The molecule has 0 aliphatic carbocycles. The van der Waals surface area contributed by atoms with Crippen LogP contribution in [0.25, 0.3) is 0 Å². The van der Waals surface area contributed by atoms with Crippen molar-refractivity contribution in [3.8, 4) is 0 Å². The Kier molecular flexibility index (Phi) is 4.84. The SMILES string of the molecule is O=C(Nc1ccccc1)/C(Br)=N/Nc1ccc(F)cc1. The van der Waals surface area contributed by atoms with Gasteiger partial charge in [0.05, 0.1) is 5.69 Å². The predicted molar refractivity (Wildman–Crippen MR) is 81.5 cm³/mol. The van der Waals surface area contributed by atoms with E-state index < -0.39 is 0 Å². The minimum absolute atomic E-state index is 0.0886. The Morgan fingerprint density at radius 2 is 1.65 bits per heavy atom. The first-order valence-electron chi connectivity index (χ1n) is 5.76. The fourth-order valence-corrected chi connectivity index (χ4v) is 1.58. The number of amides is 1. The number of hydrazone groups is 1. The number of hydrogen-bond donors (Lipinski definition) is 2. The third-order valence-corrected chi connectivity index (χ3v) is 2.88. The molecular weight excluding hydrogens is 325 g/mol. The van der Waals surface area contributed by atoms with Crippen LogP contribution in [0.1, 0.15) is 0 Å². The second-order valence-corrected chi connectivity index (χ2v) is 4.59. The molecule has 0 heterocycles. The summed E-state index contributed by atoms with van der Waals surface area (Å²) >= 11 is 3.07. The Morgan fingerprint density at radius 1 is 1.00 bits per heavy atom. The first-order chi connectivity index (χ1) is 9.65. The molecule has 2 N–H and O–H groups in total. The molecule has 0 unspecified atom stereocenters. The van der Waals surface area contributed by atoms with Crippen molar-refractivity contribution in [2.75, 3.05) is 10.7 Å². The van der Waals surface area contributed by atoms with Crippen molar-refractivity contribution in [3.05, 3.63) is 60.4 Å². The van der Waals surface area contributed by atoms with Crippen LogP contribution in [0.2, 0.25) is 0 Å². The second-order valence-electron chi connectivity index (χ2n) is 3.84. The lowest BCUT2D eigenvalue weighted by Gasteiger charge is -2.04. The topological polar surface area (TPSA) is 53.5 Å². The first-order valence-corrected chi connectivity index (χ1v) is 6.55. The summed E-state index contributed by atoms with van der Waals surface area (Å²) < 4.78 is 12.8. The monoisotopic (exact) mass is 335 g/mol. The van der Waals surface area contributed by atoms with Crippen molar-refractivity contribution < 1.29 is 9.18 Å². The van der Waals surface area contributed by atoms with Crippen LogP contribution in [0.5, 0.6) is 0 Å². The normalized spacial score (nSPS) is 11.0. The van der Waals surface area contributed by atoms with Crippen molar-refractivity contribution in [2.24, 2.45) is 5.10 Å². The van der Waals surface area contributed by atoms with Crippen LogP contribution in [0, 0.1) is 5.82 Å². The Balaban J connectivity index is 1.96. The molecule has 0 aliphatic heterocycles. The van der Waals surface area contributed by atoms with Crippen LogP contribution in [-0.2, 0) is 4.79 Å². The summed E-state index contributed by atoms with van der Waals surface area (Å²) in [6.45, 7) is 0. The van der Waals surface area contributed by atoms with E-state index in [0.717, 1.165) is 0 Å². The van der Waals surface area contributed by atoms with Crippen LogP contribution in [0.4, 0.5) is 15.8 Å². The van der Waals surface area contributed by atoms with Crippen molar-refractivity contribution in [3.63, 3.8) is 0 Å². The molecule has 20 heavy (non-hydrogen) atoms. The number of halogens is 2. The third-order valence-electron chi connectivity index (χ3n) is 2.35. The summed E-state index contributed by atoms with van der Waals surface area (Å²) in [5, 5.41) is 6.54. The standard InChI is InChI=1S/C14H11BrFN3O/c15-13(14(20)17-11-4-2-1-3-5-11)19-18-12-8-6-10(16)7-9-12/h1-9,18H,(H,17,20)/b19-13-. The van der Waals surface area contributed by atoms with Crippen molar-refractivity contribution in [1.82, 2.24) is 0 Å². The largest absolute Gasteiger partial charge is 0.320 e. The summed E-state index contributed by atoms with van der Waals surface area (Å²) in [6.07, 6.45) is 0. The number of carbonyl (C=O) groups is 1. The molecule has 0 saturated heterocycles. The van der Waals surface area contributed by atoms with E-state index in [1.165, 1.54) is 24.3 Å². The molecule has 6 heteroatoms. The molecule has 0 aliphatic rings. The van der Waals surface area contributed by atoms with Gasteiger partial charge in [-0.2, -0.15) is 5.10 Å². The molecular formula is C14H11BrFN3O. The molecule has 2 rings (SSSR count). The molecule has 0 saturated carbocycles. The van der Waals surface area contributed by atoms with Gasteiger partial charge in [-0.3, -0.25) is 10.2 Å². The van der Waals surface area contributed by atoms with E-state index >= 15 is 0 Å². The first kappa shape index (κ1) is 14.2. The lowest BCUT2D eigenvalue weighted by molar-refractivity contribution is -0.110.